The summed E-state index contributed by atoms with van der Waals surface area (Å²) in [5, 5.41) is 33.6. The van der Waals surface area contributed by atoms with Crippen molar-refractivity contribution in [3.05, 3.63) is 0 Å². The highest BCUT2D eigenvalue weighted by Gasteiger charge is 2.85. The van der Waals surface area contributed by atoms with Gasteiger partial charge >= 0.3 is 5.97 Å². The summed E-state index contributed by atoms with van der Waals surface area (Å²) >= 11 is 0. The molecule has 6 heteroatoms. The maximum atomic E-state index is 12.4. The Hall–Kier alpha value is -0.690. The van der Waals surface area contributed by atoms with Crippen LogP contribution in [0.5, 0.6) is 0 Å². The van der Waals surface area contributed by atoms with Crippen molar-refractivity contribution in [2.24, 2.45) is 44.8 Å². The molecule has 6 rings (SSSR count). The van der Waals surface area contributed by atoms with Crippen molar-refractivity contribution >= 4 is 5.97 Å². The van der Waals surface area contributed by atoms with Gasteiger partial charge in [0.05, 0.1) is 29.5 Å². The monoisotopic (exact) mass is 532 g/mol. The van der Waals surface area contributed by atoms with E-state index in [1.807, 2.05) is 13.8 Å². The van der Waals surface area contributed by atoms with Crippen LogP contribution in [0, 0.1) is 44.8 Å². The van der Waals surface area contributed by atoms with Crippen LogP contribution in [0.1, 0.15) is 113 Å². The van der Waals surface area contributed by atoms with Gasteiger partial charge in [0.25, 0.3) is 0 Å². The first-order chi connectivity index (χ1) is 17.4. The van der Waals surface area contributed by atoms with Gasteiger partial charge in [-0.2, -0.15) is 0 Å². The Balaban J connectivity index is 1.40. The van der Waals surface area contributed by atoms with Gasteiger partial charge in [-0.15, -0.1) is 0 Å². The minimum Gasteiger partial charge on any atom is -0.462 e. The number of hydrogen-bond acceptors (Lipinski definition) is 6. The van der Waals surface area contributed by atoms with Crippen LogP contribution in [0.4, 0.5) is 0 Å². The number of hydrogen-bond donors (Lipinski definition) is 3. The molecule has 5 aliphatic carbocycles. The number of ether oxygens (including phenoxy) is 2. The second-order valence-electron chi connectivity index (χ2n) is 16.5. The number of carbonyl (C=O) groups excluding carboxylic acids is 1. The summed E-state index contributed by atoms with van der Waals surface area (Å²) in [4.78, 5) is 12.4. The summed E-state index contributed by atoms with van der Waals surface area (Å²) < 4.78 is 12.9. The zero-order valence-electron chi connectivity index (χ0n) is 25.0. The Morgan fingerprint density at radius 3 is 2.21 bits per heavy atom. The topological polar surface area (TPSA) is 96.2 Å². The Morgan fingerprint density at radius 2 is 1.61 bits per heavy atom. The number of fused-ring (bicyclic) bond motifs is 2. The molecule has 38 heavy (non-hydrogen) atoms. The highest BCUT2D eigenvalue weighted by Crippen LogP contribution is 2.89. The predicted molar refractivity (Wildman–Crippen MR) is 144 cm³/mol. The van der Waals surface area contributed by atoms with Gasteiger partial charge in [0.15, 0.2) is 0 Å². The Labute approximate surface area is 229 Å². The predicted octanol–water partition coefficient (Wildman–Crippen LogP) is 5.01. The molecule has 0 aromatic heterocycles. The van der Waals surface area contributed by atoms with Crippen LogP contribution in [0.2, 0.25) is 0 Å². The van der Waals surface area contributed by atoms with E-state index in [0.717, 1.165) is 57.8 Å². The molecule has 0 aromatic carbocycles. The molecule has 1 saturated heterocycles. The van der Waals surface area contributed by atoms with Crippen molar-refractivity contribution in [1.29, 1.82) is 0 Å². The van der Waals surface area contributed by atoms with Gasteiger partial charge in [-0.3, -0.25) is 4.79 Å². The van der Waals surface area contributed by atoms with E-state index in [1.165, 1.54) is 6.92 Å². The lowest BCUT2D eigenvalue weighted by molar-refractivity contribution is -0.214. The lowest BCUT2D eigenvalue weighted by Crippen LogP contribution is -2.62. The molecule has 1 heterocycles. The molecular formula is C32H52O6. The van der Waals surface area contributed by atoms with Crippen molar-refractivity contribution in [2.45, 2.75) is 149 Å². The molecule has 2 spiro atoms. The number of rotatable bonds is 3. The van der Waals surface area contributed by atoms with Crippen molar-refractivity contribution < 1.29 is 29.6 Å². The smallest absolute Gasteiger partial charge is 0.302 e. The molecular weight excluding hydrogens is 480 g/mol. The minimum absolute atomic E-state index is 0.0304. The third-order valence-corrected chi connectivity index (χ3v) is 14.1. The SMILES string of the molecule is CC(=O)O[C@H]1C[C@@]2(C)C3C[C@H](O)C4C(C)(C)[C@@H](O)CC[C@@]45C[C@@]35CC[C@]2(C)[C@H]1[C@]1(C)CC[C@H](C(C)(C)O)O1. The van der Waals surface area contributed by atoms with E-state index < -0.39 is 17.3 Å². The fourth-order valence-electron chi connectivity index (χ4n) is 12.4. The van der Waals surface area contributed by atoms with E-state index in [2.05, 4.69) is 34.6 Å². The first kappa shape index (κ1) is 27.5. The van der Waals surface area contributed by atoms with E-state index in [4.69, 9.17) is 9.47 Å². The molecule has 12 atom stereocenters. The molecule has 6 aliphatic rings. The standard InChI is InChI=1S/C32H52O6/c1-18(33)37-20-16-29(7)21-15-19(34)24-26(2,3)22(35)9-12-32(24)17-31(21,32)14-13-28(29,6)25(20)30(8)11-10-23(38-30)27(4,5)36/h19-25,34-36H,9-17H2,1-8H3/t19-,20-,21?,22-,23+,24?,25-,28+,29-,30-,31-,32+/m0/s1. The van der Waals surface area contributed by atoms with Gasteiger partial charge in [0, 0.05) is 12.8 Å². The zero-order valence-corrected chi connectivity index (χ0v) is 25.0. The number of aliphatic hydroxyl groups is 3. The van der Waals surface area contributed by atoms with Gasteiger partial charge < -0.3 is 24.8 Å². The summed E-state index contributed by atoms with van der Waals surface area (Å²) in [7, 11) is 0. The third kappa shape index (κ3) is 3.18. The lowest BCUT2D eigenvalue weighted by atomic mass is 9.41. The molecule has 0 bridgehead atoms. The number of carbonyl (C=O) groups is 1. The van der Waals surface area contributed by atoms with Crippen LogP contribution < -0.4 is 0 Å². The maximum absolute atomic E-state index is 12.4. The lowest BCUT2D eigenvalue weighted by Gasteiger charge is -2.64. The number of esters is 1. The van der Waals surface area contributed by atoms with Crippen molar-refractivity contribution in [3.63, 3.8) is 0 Å². The van der Waals surface area contributed by atoms with E-state index in [9.17, 15) is 20.1 Å². The average molecular weight is 533 g/mol. The normalized spacial score (nSPS) is 56.9. The van der Waals surface area contributed by atoms with Crippen LogP contribution in [0.25, 0.3) is 0 Å². The fourth-order valence-corrected chi connectivity index (χ4v) is 12.4. The number of aliphatic hydroxyl groups excluding tert-OH is 2. The highest BCUT2D eigenvalue weighted by atomic mass is 16.6. The first-order valence-corrected chi connectivity index (χ1v) is 15.3. The molecule has 6 nitrogen and oxygen atoms in total. The maximum Gasteiger partial charge on any atom is 0.302 e. The highest BCUT2D eigenvalue weighted by molar-refractivity contribution is 5.66. The van der Waals surface area contributed by atoms with Crippen LogP contribution in [-0.4, -0.2) is 56.9 Å². The van der Waals surface area contributed by atoms with Crippen molar-refractivity contribution in [1.82, 2.24) is 0 Å². The molecule has 216 valence electrons. The van der Waals surface area contributed by atoms with E-state index in [0.29, 0.717) is 5.92 Å². The summed E-state index contributed by atoms with van der Waals surface area (Å²) in [6, 6.07) is 0. The van der Waals surface area contributed by atoms with Gasteiger partial charge in [-0.05, 0) is 117 Å². The molecule has 1 aliphatic heterocycles. The van der Waals surface area contributed by atoms with Crippen LogP contribution in [0.15, 0.2) is 0 Å². The molecule has 2 unspecified atom stereocenters. The summed E-state index contributed by atoms with van der Waals surface area (Å²) in [5.74, 6) is 0.274. The summed E-state index contributed by atoms with van der Waals surface area (Å²) in [6.45, 7) is 16.6. The Morgan fingerprint density at radius 1 is 0.921 bits per heavy atom. The van der Waals surface area contributed by atoms with Gasteiger partial charge in [-0.1, -0.05) is 27.7 Å². The summed E-state index contributed by atoms with van der Waals surface area (Å²) in [6.07, 6.45) is 7.10. The van der Waals surface area contributed by atoms with Crippen LogP contribution in [-0.2, 0) is 14.3 Å². The molecule has 0 aromatic rings. The molecule has 6 fully saturated rings. The summed E-state index contributed by atoms with van der Waals surface area (Å²) in [5.41, 5.74) is -1.62. The van der Waals surface area contributed by atoms with Gasteiger partial charge in [0.2, 0.25) is 0 Å². The van der Waals surface area contributed by atoms with Gasteiger partial charge in [0.1, 0.15) is 6.10 Å². The average Bonchev–Trinajstić information content (AvgIpc) is 3.12. The Bertz CT molecular complexity index is 1020. The second kappa shape index (κ2) is 7.77. The minimum atomic E-state index is -0.921. The van der Waals surface area contributed by atoms with Crippen molar-refractivity contribution in [2.75, 3.05) is 0 Å². The molecule has 0 radical (unpaired) electrons. The van der Waals surface area contributed by atoms with E-state index >= 15 is 0 Å². The quantitative estimate of drug-likeness (QED) is 0.443. The largest absolute Gasteiger partial charge is 0.462 e. The second-order valence-corrected chi connectivity index (χ2v) is 16.5. The third-order valence-electron chi connectivity index (χ3n) is 14.1. The molecule has 3 N–H and O–H groups in total. The van der Waals surface area contributed by atoms with E-state index in [1.54, 1.807) is 0 Å². The first-order valence-electron chi connectivity index (χ1n) is 15.3. The van der Waals surface area contributed by atoms with Crippen molar-refractivity contribution in [3.8, 4) is 0 Å². The molecule has 0 amide bonds. The van der Waals surface area contributed by atoms with Crippen LogP contribution >= 0.6 is 0 Å². The van der Waals surface area contributed by atoms with Crippen LogP contribution in [0.3, 0.4) is 0 Å². The van der Waals surface area contributed by atoms with Gasteiger partial charge in [-0.25, -0.2) is 0 Å². The molecule has 5 saturated carbocycles. The fraction of sp³-hybridized carbons (Fsp3) is 0.969. The Kier molecular flexibility index (Phi) is 5.62. The zero-order chi connectivity index (χ0) is 27.9. The van der Waals surface area contributed by atoms with E-state index in [-0.39, 0.29) is 63.2 Å².